The highest BCUT2D eigenvalue weighted by molar-refractivity contribution is 5.88. The van der Waals surface area contributed by atoms with E-state index in [-0.39, 0.29) is 11.6 Å². The molecule has 1 aromatic carbocycles. The molecule has 0 aliphatic rings. The minimum absolute atomic E-state index is 0.131. The van der Waals surface area contributed by atoms with Crippen LogP contribution in [0, 0.1) is 5.82 Å². The van der Waals surface area contributed by atoms with Crippen LogP contribution in [0.4, 0.5) is 10.1 Å². The van der Waals surface area contributed by atoms with Crippen molar-refractivity contribution in [1.82, 2.24) is 0 Å². The van der Waals surface area contributed by atoms with E-state index in [4.69, 9.17) is 4.74 Å². The molecule has 1 amide bonds. The molecule has 0 radical (unpaired) electrons. The Balaban J connectivity index is 2.96. The molecule has 0 aliphatic heterocycles. The number of ether oxygens (including phenoxy) is 1. The summed E-state index contributed by atoms with van der Waals surface area (Å²) in [4.78, 5) is 10.6. The third-order valence-electron chi connectivity index (χ3n) is 1.48. The summed E-state index contributed by atoms with van der Waals surface area (Å²) in [6.07, 6.45) is 0. The minimum atomic E-state index is -0.476. The number of rotatable bonds is 2. The molecule has 0 unspecified atom stereocenters. The first-order chi connectivity index (χ1) is 6.13. The van der Waals surface area contributed by atoms with Crippen molar-refractivity contribution in [3.8, 4) is 5.75 Å². The van der Waals surface area contributed by atoms with Gasteiger partial charge in [-0.3, -0.25) is 4.79 Å². The summed E-state index contributed by atoms with van der Waals surface area (Å²) >= 11 is 0. The Morgan fingerprint density at radius 3 is 2.77 bits per heavy atom. The average molecular weight is 183 g/mol. The summed E-state index contributed by atoms with van der Waals surface area (Å²) in [5, 5.41) is 2.35. The zero-order valence-corrected chi connectivity index (χ0v) is 7.43. The predicted molar refractivity (Wildman–Crippen MR) is 47.3 cm³/mol. The molecule has 0 aliphatic carbocycles. The van der Waals surface area contributed by atoms with Crippen LogP contribution in [0.1, 0.15) is 6.92 Å². The molecule has 1 aromatic rings. The number of halogens is 1. The van der Waals surface area contributed by atoms with E-state index in [1.165, 1.54) is 32.2 Å². The van der Waals surface area contributed by atoms with Gasteiger partial charge in [0.15, 0.2) is 0 Å². The zero-order valence-electron chi connectivity index (χ0n) is 7.43. The fourth-order valence-corrected chi connectivity index (χ4v) is 0.917. The molecule has 0 atom stereocenters. The summed E-state index contributed by atoms with van der Waals surface area (Å²) in [6, 6.07) is 4.15. The second-order valence-corrected chi connectivity index (χ2v) is 2.53. The van der Waals surface area contributed by atoms with Crippen LogP contribution in [0.5, 0.6) is 5.75 Å². The smallest absolute Gasteiger partial charge is 0.221 e. The minimum Gasteiger partial charge on any atom is -0.497 e. The molecule has 0 heterocycles. The van der Waals surface area contributed by atoms with Gasteiger partial charge in [-0.25, -0.2) is 4.39 Å². The summed E-state index contributed by atoms with van der Waals surface area (Å²) < 4.78 is 17.9. The first-order valence-corrected chi connectivity index (χ1v) is 3.74. The third kappa shape index (κ3) is 2.43. The van der Waals surface area contributed by atoms with E-state index in [0.717, 1.165) is 0 Å². The van der Waals surface area contributed by atoms with E-state index < -0.39 is 5.82 Å². The van der Waals surface area contributed by atoms with Crippen LogP contribution in [0.2, 0.25) is 0 Å². The van der Waals surface area contributed by atoms with Gasteiger partial charge in [0.05, 0.1) is 12.8 Å². The number of hydrogen-bond acceptors (Lipinski definition) is 2. The molecule has 1 N–H and O–H groups in total. The second kappa shape index (κ2) is 3.89. The molecule has 0 fully saturated rings. The second-order valence-electron chi connectivity index (χ2n) is 2.53. The van der Waals surface area contributed by atoms with Gasteiger partial charge in [0.1, 0.15) is 11.6 Å². The highest BCUT2D eigenvalue weighted by Gasteiger charge is 2.04. The lowest BCUT2D eigenvalue weighted by Crippen LogP contribution is -2.07. The quantitative estimate of drug-likeness (QED) is 0.759. The third-order valence-corrected chi connectivity index (χ3v) is 1.48. The van der Waals surface area contributed by atoms with Gasteiger partial charge in [0.2, 0.25) is 5.91 Å². The van der Waals surface area contributed by atoms with Gasteiger partial charge in [-0.05, 0) is 12.1 Å². The zero-order chi connectivity index (χ0) is 9.84. The lowest BCUT2D eigenvalue weighted by atomic mass is 10.3. The lowest BCUT2D eigenvalue weighted by Gasteiger charge is -2.05. The fraction of sp³-hybridized carbons (Fsp3) is 0.222. The van der Waals surface area contributed by atoms with Crippen molar-refractivity contribution >= 4 is 11.6 Å². The molecule has 0 bridgehead atoms. The van der Waals surface area contributed by atoms with E-state index in [1.807, 2.05) is 0 Å². The predicted octanol–water partition coefficient (Wildman–Crippen LogP) is 1.79. The maximum atomic E-state index is 13.0. The number of carbonyl (C=O) groups excluding carboxylic acids is 1. The van der Waals surface area contributed by atoms with Gasteiger partial charge in [-0.2, -0.15) is 0 Å². The van der Waals surface area contributed by atoms with Gasteiger partial charge in [-0.15, -0.1) is 0 Å². The van der Waals surface area contributed by atoms with Crippen LogP contribution in [0.3, 0.4) is 0 Å². The van der Waals surface area contributed by atoms with E-state index >= 15 is 0 Å². The van der Waals surface area contributed by atoms with Gasteiger partial charge in [-0.1, -0.05) is 0 Å². The van der Waals surface area contributed by atoms with Gasteiger partial charge in [0.25, 0.3) is 0 Å². The number of amides is 1. The highest BCUT2D eigenvalue weighted by atomic mass is 19.1. The molecule has 0 aromatic heterocycles. The molecule has 0 spiro atoms. The number of methoxy groups -OCH3 is 1. The van der Waals surface area contributed by atoms with Crippen molar-refractivity contribution in [3.63, 3.8) is 0 Å². The topological polar surface area (TPSA) is 38.3 Å². The first kappa shape index (κ1) is 9.51. The number of benzene rings is 1. The number of hydrogen-bond donors (Lipinski definition) is 1. The van der Waals surface area contributed by atoms with E-state index in [2.05, 4.69) is 5.32 Å². The maximum absolute atomic E-state index is 13.0. The molecular formula is C9H10FNO2. The van der Waals surface area contributed by atoms with Crippen molar-refractivity contribution in [2.45, 2.75) is 6.92 Å². The molecule has 4 heteroatoms. The summed E-state index contributed by atoms with van der Waals surface area (Å²) in [6.45, 7) is 1.32. The summed E-state index contributed by atoms with van der Waals surface area (Å²) in [5.41, 5.74) is 0.131. The number of anilines is 1. The van der Waals surface area contributed by atoms with Gasteiger partial charge >= 0.3 is 0 Å². The standard InChI is InChI=1S/C9H10FNO2/c1-6(12)11-9-5-7(13-2)3-4-8(9)10/h3-5H,1-2H3,(H,11,12). The van der Waals surface area contributed by atoms with Crippen LogP contribution in [-0.2, 0) is 4.79 Å². The van der Waals surface area contributed by atoms with E-state index in [0.29, 0.717) is 5.75 Å². The molecule has 13 heavy (non-hydrogen) atoms. The first-order valence-electron chi connectivity index (χ1n) is 3.74. The van der Waals surface area contributed by atoms with Crippen molar-refractivity contribution in [2.24, 2.45) is 0 Å². The van der Waals surface area contributed by atoms with Gasteiger partial charge in [0, 0.05) is 13.0 Å². The molecule has 0 saturated carbocycles. The molecule has 1 rings (SSSR count). The molecule has 0 saturated heterocycles. The van der Waals surface area contributed by atoms with Crippen LogP contribution in [-0.4, -0.2) is 13.0 Å². The molecule has 70 valence electrons. The van der Waals surface area contributed by atoms with Crippen LogP contribution in [0.15, 0.2) is 18.2 Å². The maximum Gasteiger partial charge on any atom is 0.221 e. The van der Waals surface area contributed by atoms with Crippen molar-refractivity contribution < 1.29 is 13.9 Å². The Morgan fingerprint density at radius 2 is 2.23 bits per heavy atom. The Labute approximate surface area is 75.5 Å². The Hall–Kier alpha value is -1.58. The SMILES string of the molecule is COc1ccc(F)c(NC(C)=O)c1. The summed E-state index contributed by atoms with van der Waals surface area (Å²) in [7, 11) is 1.48. The normalized spacial score (nSPS) is 9.46. The van der Waals surface area contributed by atoms with E-state index in [1.54, 1.807) is 0 Å². The number of carbonyl (C=O) groups is 1. The fourth-order valence-electron chi connectivity index (χ4n) is 0.917. The van der Waals surface area contributed by atoms with Gasteiger partial charge < -0.3 is 10.1 Å². The lowest BCUT2D eigenvalue weighted by molar-refractivity contribution is -0.114. The largest absolute Gasteiger partial charge is 0.497 e. The van der Waals surface area contributed by atoms with Crippen molar-refractivity contribution in [3.05, 3.63) is 24.0 Å². The van der Waals surface area contributed by atoms with Crippen molar-refractivity contribution in [1.29, 1.82) is 0 Å². The molecule has 3 nitrogen and oxygen atoms in total. The van der Waals surface area contributed by atoms with E-state index in [9.17, 15) is 9.18 Å². The van der Waals surface area contributed by atoms with Crippen LogP contribution in [0.25, 0.3) is 0 Å². The summed E-state index contributed by atoms with van der Waals surface area (Å²) in [5.74, 6) is -0.284. The Bertz CT molecular complexity index is 325. The Kier molecular flexibility index (Phi) is 2.84. The monoisotopic (exact) mass is 183 g/mol. The molecular weight excluding hydrogens is 173 g/mol. The Morgan fingerprint density at radius 1 is 1.54 bits per heavy atom. The average Bonchev–Trinajstić information content (AvgIpc) is 2.08. The van der Waals surface area contributed by atoms with Crippen LogP contribution < -0.4 is 10.1 Å². The highest BCUT2D eigenvalue weighted by Crippen LogP contribution is 2.20. The van der Waals surface area contributed by atoms with Crippen LogP contribution >= 0.6 is 0 Å². The van der Waals surface area contributed by atoms with Crippen molar-refractivity contribution in [2.75, 3.05) is 12.4 Å². The number of nitrogens with one attached hydrogen (secondary N) is 1.